The number of aryl methyl sites for hydroxylation is 1. The highest BCUT2D eigenvalue weighted by molar-refractivity contribution is 6.43. The molecule has 1 heterocycles. The topological polar surface area (TPSA) is 57.5 Å². The van der Waals surface area contributed by atoms with Crippen molar-refractivity contribution in [3.05, 3.63) is 30.0 Å². The molecule has 0 spiro atoms. The highest BCUT2D eigenvalue weighted by Gasteiger charge is 2.24. The summed E-state index contributed by atoms with van der Waals surface area (Å²) < 4.78 is 11.8. The number of aromatic nitrogens is 1. The Labute approximate surface area is 110 Å². The zero-order valence-electron chi connectivity index (χ0n) is 11.1. The minimum Gasteiger partial charge on any atom is -0.496 e. The number of nitrogens with zero attached hydrogens (tertiary/aromatic N) is 1. The van der Waals surface area contributed by atoms with Gasteiger partial charge in [0.1, 0.15) is 5.75 Å². The molecule has 5 heteroatoms. The van der Waals surface area contributed by atoms with Gasteiger partial charge in [0.15, 0.2) is 0 Å². The Kier molecular flexibility index (Phi) is 3.55. The predicted octanol–water partition coefficient (Wildman–Crippen LogP) is 1.93. The fourth-order valence-electron chi connectivity index (χ4n) is 2.03. The van der Waals surface area contributed by atoms with Gasteiger partial charge in [0.05, 0.1) is 19.3 Å². The first-order valence-corrected chi connectivity index (χ1v) is 5.93. The van der Waals surface area contributed by atoms with E-state index in [1.165, 1.54) is 7.11 Å². The molecule has 2 rings (SSSR count). The normalized spacial score (nSPS) is 10.5. The fraction of sp³-hybridized carbons (Fsp3) is 0.286. The van der Waals surface area contributed by atoms with Crippen LogP contribution in [0.25, 0.3) is 10.9 Å². The van der Waals surface area contributed by atoms with Crippen molar-refractivity contribution in [2.45, 2.75) is 6.92 Å². The van der Waals surface area contributed by atoms with Crippen molar-refractivity contribution in [2.75, 3.05) is 13.7 Å². The summed E-state index contributed by atoms with van der Waals surface area (Å²) in [6.07, 6.45) is 1.83. The van der Waals surface area contributed by atoms with Gasteiger partial charge in [0, 0.05) is 24.1 Å². The molecule has 0 unspecified atom stereocenters. The molecule has 0 amide bonds. The third-order valence-corrected chi connectivity index (χ3v) is 2.94. The Bertz CT molecular complexity index is 642. The summed E-state index contributed by atoms with van der Waals surface area (Å²) in [6.45, 7) is 1.82. The van der Waals surface area contributed by atoms with Crippen molar-refractivity contribution < 1.29 is 19.1 Å². The fourth-order valence-corrected chi connectivity index (χ4v) is 2.03. The van der Waals surface area contributed by atoms with Crippen LogP contribution >= 0.6 is 0 Å². The molecule has 0 aliphatic rings. The summed E-state index contributed by atoms with van der Waals surface area (Å²) in [4.78, 5) is 23.8. The van der Waals surface area contributed by atoms with Gasteiger partial charge in [0.2, 0.25) is 0 Å². The maximum Gasteiger partial charge on any atom is 0.379 e. The van der Waals surface area contributed by atoms with E-state index < -0.39 is 11.8 Å². The number of carbonyl (C=O) groups is 2. The van der Waals surface area contributed by atoms with Crippen molar-refractivity contribution in [1.29, 1.82) is 0 Å². The molecular formula is C14H15NO4. The first kappa shape index (κ1) is 13.1. The predicted molar refractivity (Wildman–Crippen MR) is 70.4 cm³/mol. The molecule has 2 aromatic rings. The van der Waals surface area contributed by atoms with E-state index in [2.05, 4.69) is 0 Å². The first-order chi connectivity index (χ1) is 9.10. The molecule has 0 atom stereocenters. The van der Waals surface area contributed by atoms with Crippen LogP contribution in [0.1, 0.15) is 17.3 Å². The second-order valence-corrected chi connectivity index (χ2v) is 4.05. The molecule has 0 aliphatic heterocycles. The van der Waals surface area contributed by atoms with Crippen LogP contribution in [-0.4, -0.2) is 30.0 Å². The minimum atomic E-state index is -0.864. The maximum absolute atomic E-state index is 12.2. The van der Waals surface area contributed by atoms with Crippen molar-refractivity contribution in [3.63, 3.8) is 0 Å². The Morgan fingerprint density at radius 2 is 2.00 bits per heavy atom. The number of carbonyl (C=O) groups excluding carboxylic acids is 2. The number of esters is 1. The molecule has 0 aliphatic carbocycles. The second-order valence-electron chi connectivity index (χ2n) is 4.05. The average molecular weight is 261 g/mol. The number of benzene rings is 1. The molecule has 5 nitrogen and oxygen atoms in total. The molecule has 0 saturated carbocycles. The van der Waals surface area contributed by atoms with Gasteiger partial charge < -0.3 is 14.0 Å². The molecule has 19 heavy (non-hydrogen) atoms. The van der Waals surface area contributed by atoms with Crippen molar-refractivity contribution in [1.82, 2.24) is 4.57 Å². The van der Waals surface area contributed by atoms with E-state index in [1.807, 2.05) is 23.9 Å². The molecule has 1 aromatic carbocycles. The lowest BCUT2D eigenvalue weighted by Gasteiger charge is -2.09. The molecule has 0 bridgehead atoms. The van der Waals surface area contributed by atoms with E-state index in [0.29, 0.717) is 11.1 Å². The lowest BCUT2D eigenvalue weighted by Crippen LogP contribution is -2.18. The van der Waals surface area contributed by atoms with E-state index in [1.54, 1.807) is 19.1 Å². The van der Waals surface area contributed by atoms with Gasteiger partial charge in [-0.3, -0.25) is 4.79 Å². The highest BCUT2D eigenvalue weighted by atomic mass is 16.5. The average Bonchev–Trinajstić information content (AvgIpc) is 2.79. The quantitative estimate of drug-likeness (QED) is 0.479. The SMILES string of the molecule is CCOC(=O)C(=O)c1c(OC)ccc2c1ccn2C. The van der Waals surface area contributed by atoms with Crippen LogP contribution in [0.5, 0.6) is 5.75 Å². The summed E-state index contributed by atoms with van der Waals surface area (Å²) in [5, 5.41) is 0.680. The van der Waals surface area contributed by atoms with E-state index in [4.69, 9.17) is 9.47 Å². The molecule has 0 fully saturated rings. The van der Waals surface area contributed by atoms with Crippen LogP contribution in [-0.2, 0) is 16.6 Å². The van der Waals surface area contributed by atoms with Gasteiger partial charge in [-0.1, -0.05) is 0 Å². The van der Waals surface area contributed by atoms with Crippen molar-refractivity contribution >= 4 is 22.7 Å². The van der Waals surface area contributed by atoms with E-state index in [9.17, 15) is 9.59 Å². The summed E-state index contributed by atoms with van der Waals surface area (Å²) in [7, 11) is 3.33. The van der Waals surface area contributed by atoms with Gasteiger partial charge >= 0.3 is 5.97 Å². The zero-order chi connectivity index (χ0) is 14.0. The molecule has 0 radical (unpaired) electrons. The van der Waals surface area contributed by atoms with Crippen LogP contribution < -0.4 is 4.74 Å². The number of ether oxygens (including phenoxy) is 2. The summed E-state index contributed by atoms with van der Waals surface area (Å²) in [5.74, 6) is -1.18. The monoisotopic (exact) mass is 261 g/mol. The maximum atomic E-state index is 12.2. The number of hydrogen-bond donors (Lipinski definition) is 0. The van der Waals surface area contributed by atoms with Crippen LogP contribution in [0, 0.1) is 0 Å². The van der Waals surface area contributed by atoms with Crippen LogP contribution in [0.3, 0.4) is 0 Å². The van der Waals surface area contributed by atoms with E-state index >= 15 is 0 Å². The van der Waals surface area contributed by atoms with E-state index in [0.717, 1.165) is 5.52 Å². The molecule has 0 N–H and O–H groups in total. The van der Waals surface area contributed by atoms with Gasteiger partial charge in [-0.2, -0.15) is 0 Å². The third kappa shape index (κ3) is 2.19. The Morgan fingerprint density at radius 1 is 1.26 bits per heavy atom. The van der Waals surface area contributed by atoms with Crippen LogP contribution in [0.15, 0.2) is 24.4 Å². The Morgan fingerprint density at radius 3 is 2.63 bits per heavy atom. The largest absolute Gasteiger partial charge is 0.496 e. The summed E-state index contributed by atoms with van der Waals surface area (Å²) in [6, 6.07) is 5.30. The summed E-state index contributed by atoms with van der Waals surface area (Å²) in [5.41, 5.74) is 1.10. The number of ketones is 1. The highest BCUT2D eigenvalue weighted by Crippen LogP contribution is 2.29. The zero-order valence-corrected chi connectivity index (χ0v) is 11.1. The number of rotatable bonds is 4. The lowest BCUT2D eigenvalue weighted by atomic mass is 10.0. The van der Waals surface area contributed by atoms with Crippen molar-refractivity contribution in [3.8, 4) is 5.75 Å². The van der Waals surface area contributed by atoms with Gasteiger partial charge in [0.25, 0.3) is 5.78 Å². The van der Waals surface area contributed by atoms with E-state index in [-0.39, 0.29) is 12.2 Å². The molecule has 1 aromatic heterocycles. The Balaban J connectivity index is 2.62. The molecular weight excluding hydrogens is 246 g/mol. The van der Waals surface area contributed by atoms with Gasteiger partial charge in [-0.05, 0) is 25.1 Å². The van der Waals surface area contributed by atoms with Gasteiger partial charge in [-0.25, -0.2) is 4.79 Å². The van der Waals surface area contributed by atoms with Gasteiger partial charge in [-0.15, -0.1) is 0 Å². The smallest absolute Gasteiger partial charge is 0.379 e. The Hall–Kier alpha value is -2.30. The minimum absolute atomic E-state index is 0.164. The van der Waals surface area contributed by atoms with Crippen LogP contribution in [0.2, 0.25) is 0 Å². The standard InChI is InChI=1S/C14H15NO4/c1-4-19-14(17)13(16)12-9-7-8-15(2)10(9)5-6-11(12)18-3/h5-8H,4H2,1-3H3. The number of fused-ring (bicyclic) bond motifs is 1. The van der Waals surface area contributed by atoms with Crippen molar-refractivity contribution in [2.24, 2.45) is 7.05 Å². The first-order valence-electron chi connectivity index (χ1n) is 5.93. The lowest BCUT2D eigenvalue weighted by molar-refractivity contribution is -0.137. The summed E-state index contributed by atoms with van der Waals surface area (Å²) >= 11 is 0. The second kappa shape index (κ2) is 5.14. The number of hydrogen-bond acceptors (Lipinski definition) is 4. The molecule has 100 valence electrons. The van der Waals surface area contributed by atoms with Crippen LogP contribution in [0.4, 0.5) is 0 Å². The number of Topliss-reactive ketones (excluding diaryl/α,β-unsaturated/α-hetero) is 1. The third-order valence-electron chi connectivity index (χ3n) is 2.94. The number of methoxy groups -OCH3 is 1. The molecule has 0 saturated heterocycles.